The van der Waals surface area contributed by atoms with E-state index in [9.17, 15) is 0 Å². The molecule has 128 valence electrons. The number of quaternary nitrogens is 3. The fourth-order valence-electron chi connectivity index (χ4n) is 1.34. The van der Waals surface area contributed by atoms with Crippen LogP contribution in [0.5, 0.6) is 0 Å². The van der Waals surface area contributed by atoms with Gasteiger partial charge in [0.25, 0.3) is 0 Å². The summed E-state index contributed by atoms with van der Waals surface area (Å²) in [4.78, 5) is 0. The number of hydrogen-bond acceptors (Lipinski definition) is 4. The van der Waals surface area contributed by atoms with E-state index in [2.05, 4.69) is 55.9 Å². The molecular weight excluding hydrogens is 273 g/mol. The van der Waals surface area contributed by atoms with Crippen molar-refractivity contribution >= 4 is 0 Å². The first kappa shape index (κ1) is 49.8. The molecular formula is C12H40N3NaO4. The summed E-state index contributed by atoms with van der Waals surface area (Å²) in [5.41, 5.74) is 0. The minimum Gasteiger partial charge on any atom is -0.870 e. The summed E-state index contributed by atoms with van der Waals surface area (Å²) < 4.78 is 2.28. The van der Waals surface area contributed by atoms with Crippen molar-refractivity contribution in [2.75, 3.05) is 54.4 Å². The van der Waals surface area contributed by atoms with Gasteiger partial charge in [0.2, 0.25) is 0 Å². The van der Waals surface area contributed by atoms with Crippen molar-refractivity contribution in [2.24, 2.45) is 0 Å². The zero-order chi connectivity index (χ0) is 11.8. The fourth-order valence-corrected chi connectivity index (χ4v) is 1.34. The average molecular weight is 313 g/mol. The number of nitrogens with zero attached hydrogens (tertiary/aromatic N) is 2. The molecule has 0 unspecified atom stereocenters. The Balaban J connectivity index is -0.0000000199. The molecule has 0 spiro atoms. The Morgan fingerprint density at radius 1 is 0.550 bits per heavy atom. The van der Waals surface area contributed by atoms with Gasteiger partial charge in [0.15, 0.2) is 0 Å². The minimum atomic E-state index is 0. The van der Waals surface area contributed by atoms with Crippen LogP contribution in [0, 0.1) is 0 Å². The Hall–Kier alpha value is 0.720. The third-order valence-corrected chi connectivity index (χ3v) is 2.68. The number of rotatable bonds is 4. The molecule has 0 aliphatic heterocycles. The van der Waals surface area contributed by atoms with Crippen molar-refractivity contribution in [1.29, 1.82) is 0 Å². The smallest absolute Gasteiger partial charge is 0.870 e. The van der Waals surface area contributed by atoms with Crippen LogP contribution in [0.15, 0.2) is 0 Å². The zero-order valence-corrected chi connectivity index (χ0v) is 17.5. The summed E-state index contributed by atoms with van der Waals surface area (Å²) in [6.45, 7) is 14.2. The van der Waals surface area contributed by atoms with Gasteiger partial charge in [0, 0.05) is 0 Å². The standard InChI is InChI=1S/C8H20N.C4H12N.H3N.Na.4H2O/c1-5-9(6-2,7-3)8-4;1-5(2,3)4;;;;;;/h5-8H2,1-4H3;1-4H3;1H3;;4*1H2/q2*+1;;+1;;;;/p-3. The molecule has 0 atom stereocenters. The molecule has 0 bridgehead atoms. The predicted molar refractivity (Wildman–Crippen MR) is 80.1 cm³/mol. The summed E-state index contributed by atoms with van der Waals surface area (Å²) in [7, 11) is 8.50. The first-order valence-electron chi connectivity index (χ1n) is 5.88. The molecule has 0 saturated carbocycles. The van der Waals surface area contributed by atoms with Gasteiger partial charge in [-0.15, -0.1) is 0 Å². The maximum absolute atomic E-state index is 2.27. The Kier molecular flexibility index (Phi) is 61.6. The van der Waals surface area contributed by atoms with Gasteiger partial charge in [-0.2, -0.15) is 0 Å². The van der Waals surface area contributed by atoms with Crippen LogP contribution < -0.4 is 35.7 Å². The van der Waals surface area contributed by atoms with Crippen LogP contribution in [0.3, 0.4) is 0 Å². The molecule has 0 rings (SSSR count). The van der Waals surface area contributed by atoms with Crippen molar-refractivity contribution in [1.82, 2.24) is 6.15 Å². The van der Waals surface area contributed by atoms with Crippen LogP contribution in [0.1, 0.15) is 27.7 Å². The second-order valence-corrected chi connectivity index (χ2v) is 5.29. The Labute approximate surface area is 148 Å². The van der Waals surface area contributed by atoms with Crippen molar-refractivity contribution in [3.05, 3.63) is 0 Å². The van der Waals surface area contributed by atoms with E-state index in [0.717, 1.165) is 4.48 Å². The molecule has 0 aromatic rings. The fraction of sp³-hybridized carbons (Fsp3) is 1.00. The SMILES string of the molecule is CC[N+](CC)(CC)CC.C[N+](C)(C)C.[NH4+].[Na+].[OH-].[OH-].[OH-].[OH-]. The molecule has 7 nitrogen and oxygen atoms in total. The minimum absolute atomic E-state index is 0. The second-order valence-electron chi connectivity index (χ2n) is 5.29. The maximum atomic E-state index is 2.27. The van der Waals surface area contributed by atoms with Crippen molar-refractivity contribution in [2.45, 2.75) is 27.7 Å². The van der Waals surface area contributed by atoms with Gasteiger partial charge in [-0.3, -0.25) is 0 Å². The van der Waals surface area contributed by atoms with Crippen LogP contribution in [0.4, 0.5) is 0 Å². The maximum Gasteiger partial charge on any atom is 1.00 e. The van der Waals surface area contributed by atoms with Gasteiger partial charge < -0.3 is 37.0 Å². The normalized spacial score (nSPS) is 8.40. The van der Waals surface area contributed by atoms with E-state index in [1.807, 2.05) is 0 Å². The summed E-state index contributed by atoms with van der Waals surface area (Å²) in [6.07, 6.45) is 0. The third-order valence-electron chi connectivity index (χ3n) is 2.68. The van der Waals surface area contributed by atoms with Crippen molar-refractivity contribution in [3.63, 3.8) is 0 Å². The second kappa shape index (κ2) is 24.7. The van der Waals surface area contributed by atoms with Crippen LogP contribution in [0.25, 0.3) is 0 Å². The average Bonchev–Trinajstić information content (AvgIpc) is 2.07. The van der Waals surface area contributed by atoms with Crippen LogP contribution in [-0.4, -0.2) is 85.2 Å². The largest absolute Gasteiger partial charge is 1.00 e. The van der Waals surface area contributed by atoms with E-state index in [0.29, 0.717) is 0 Å². The monoisotopic (exact) mass is 313 g/mol. The van der Waals surface area contributed by atoms with Gasteiger partial charge in [-0.1, -0.05) is 0 Å². The molecule has 0 aromatic heterocycles. The first-order valence-corrected chi connectivity index (χ1v) is 5.88. The van der Waals surface area contributed by atoms with Gasteiger partial charge in [-0.25, -0.2) is 0 Å². The molecule has 8 N–H and O–H groups in total. The molecule has 0 radical (unpaired) electrons. The van der Waals surface area contributed by atoms with E-state index in [-0.39, 0.29) is 57.6 Å². The van der Waals surface area contributed by atoms with Gasteiger partial charge in [0.1, 0.15) is 0 Å². The van der Waals surface area contributed by atoms with Gasteiger partial charge in [-0.05, 0) is 27.7 Å². The Morgan fingerprint density at radius 3 is 0.650 bits per heavy atom. The van der Waals surface area contributed by atoms with Crippen molar-refractivity contribution < 1.29 is 60.4 Å². The molecule has 0 aliphatic carbocycles. The molecule has 0 fully saturated rings. The summed E-state index contributed by atoms with van der Waals surface area (Å²) in [6, 6.07) is 0. The summed E-state index contributed by atoms with van der Waals surface area (Å²) in [5, 5.41) is 0. The van der Waals surface area contributed by atoms with Crippen LogP contribution in [-0.2, 0) is 0 Å². The third kappa shape index (κ3) is 36.3. The quantitative estimate of drug-likeness (QED) is 0.515. The number of hydrogen-bond donors (Lipinski definition) is 1. The molecule has 0 aliphatic rings. The van der Waals surface area contributed by atoms with E-state index < -0.39 is 0 Å². The molecule has 0 heterocycles. The topological polar surface area (TPSA) is 156 Å². The van der Waals surface area contributed by atoms with Crippen molar-refractivity contribution in [3.8, 4) is 0 Å². The van der Waals surface area contributed by atoms with Gasteiger partial charge >= 0.3 is 29.6 Å². The molecule has 0 amide bonds. The molecule has 20 heavy (non-hydrogen) atoms. The molecule has 0 aromatic carbocycles. The predicted octanol–water partition coefficient (Wildman–Crippen LogP) is -1.12. The summed E-state index contributed by atoms with van der Waals surface area (Å²) in [5.74, 6) is 0. The summed E-state index contributed by atoms with van der Waals surface area (Å²) >= 11 is 0. The Morgan fingerprint density at radius 2 is 0.650 bits per heavy atom. The first-order chi connectivity index (χ1) is 6.24. The zero-order valence-electron chi connectivity index (χ0n) is 15.5. The van der Waals surface area contributed by atoms with Crippen LogP contribution in [0.2, 0.25) is 0 Å². The van der Waals surface area contributed by atoms with E-state index >= 15 is 0 Å². The van der Waals surface area contributed by atoms with E-state index in [1.165, 1.54) is 30.7 Å². The van der Waals surface area contributed by atoms with Crippen LogP contribution >= 0.6 is 0 Å². The van der Waals surface area contributed by atoms with E-state index in [4.69, 9.17) is 0 Å². The molecule has 0 saturated heterocycles. The van der Waals surface area contributed by atoms with Gasteiger partial charge in [0.05, 0.1) is 54.4 Å². The molecule has 8 heteroatoms. The van der Waals surface area contributed by atoms with E-state index in [1.54, 1.807) is 0 Å². The Bertz CT molecular complexity index is 120.